The third kappa shape index (κ3) is 5.60. The lowest BCUT2D eigenvalue weighted by molar-refractivity contribution is 0.299. The van der Waals surface area contributed by atoms with Crippen molar-refractivity contribution in [2.75, 3.05) is 30.6 Å². The summed E-state index contributed by atoms with van der Waals surface area (Å²) >= 11 is 23.4. The molecule has 0 aliphatic heterocycles. The molecular weight excluding hydrogens is 337 g/mol. The van der Waals surface area contributed by atoms with Gasteiger partial charge < -0.3 is 5.73 Å². The summed E-state index contributed by atoms with van der Waals surface area (Å²) in [7, 11) is 0. The number of nitrogen functional groups attached to an aromatic ring is 1. The number of hydrogen-bond acceptors (Lipinski definition) is 2. The second-order valence-corrected chi connectivity index (χ2v) is 5.20. The number of benzene rings is 1. The van der Waals surface area contributed by atoms with Gasteiger partial charge in [0.1, 0.15) is 0 Å². The van der Waals surface area contributed by atoms with Crippen LogP contribution >= 0.6 is 58.8 Å². The molecule has 0 saturated heterocycles. The van der Waals surface area contributed by atoms with Gasteiger partial charge in [-0.15, -0.1) is 35.6 Å². The predicted octanol–water partition coefficient (Wildman–Crippen LogP) is 4.28. The molecule has 1 aromatic rings. The molecule has 2 N–H and O–H groups in total. The highest BCUT2D eigenvalue weighted by Gasteiger charge is 2.09. The molecule has 0 bridgehead atoms. The molecule has 0 amide bonds. The Morgan fingerprint density at radius 2 is 1.44 bits per heavy atom. The number of nitrogens with two attached hydrogens (primary N) is 1. The van der Waals surface area contributed by atoms with Gasteiger partial charge in [0.05, 0.1) is 15.7 Å². The monoisotopic (exact) mass is 350 g/mol. The standard InChI is InChI=1S/C11H14Cl4N2.ClH/c12-1-3-17(4-2-13)7-8-5-9(14)11(16)10(15)6-8;/h5-6H,1-4,7,16H2;1H. The van der Waals surface area contributed by atoms with E-state index in [1.54, 1.807) is 0 Å². The number of alkyl halides is 2. The molecule has 0 saturated carbocycles. The van der Waals surface area contributed by atoms with Gasteiger partial charge in [-0.05, 0) is 17.7 Å². The van der Waals surface area contributed by atoms with Crippen LogP contribution < -0.4 is 5.73 Å². The van der Waals surface area contributed by atoms with E-state index in [1.165, 1.54) is 0 Å². The number of nitrogens with zero attached hydrogens (tertiary/aromatic N) is 1. The van der Waals surface area contributed by atoms with Crippen LogP contribution in [0.2, 0.25) is 10.0 Å². The minimum absolute atomic E-state index is 0. The van der Waals surface area contributed by atoms with Crippen LogP contribution in [0.3, 0.4) is 0 Å². The number of rotatable bonds is 6. The largest absolute Gasteiger partial charge is 0.396 e. The van der Waals surface area contributed by atoms with Gasteiger partial charge >= 0.3 is 0 Å². The van der Waals surface area contributed by atoms with Crippen LogP contribution in [0.25, 0.3) is 0 Å². The average molecular weight is 353 g/mol. The van der Waals surface area contributed by atoms with Crippen molar-refractivity contribution < 1.29 is 0 Å². The Balaban J connectivity index is 0.00000289. The molecule has 1 aromatic carbocycles. The first-order valence-electron chi connectivity index (χ1n) is 5.16. The van der Waals surface area contributed by atoms with Gasteiger partial charge in [-0.3, -0.25) is 4.90 Å². The maximum absolute atomic E-state index is 5.98. The Kier molecular flexibility index (Phi) is 9.58. The first-order valence-corrected chi connectivity index (χ1v) is 6.98. The lowest BCUT2D eigenvalue weighted by atomic mass is 10.2. The number of hydrogen-bond donors (Lipinski definition) is 1. The summed E-state index contributed by atoms with van der Waals surface area (Å²) in [6.07, 6.45) is 0. The van der Waals surface area contributed by atoms with Gasteiger partial charge in [0.15, 0.2) is 0 Å². The summed E-state index contributed by atoms with van der Waals surface area (Å²) in [6, 6.07) is 3.64. The molecule has 0 aliphatic rings. The molecule has 0 spiro atoms. The Labute approximate surface area is 134 Å². The van der Waals surface area contributed by atoms with E-state index in [-0.39, 0.29) is 12.4 Å². The van der Waals surface area contributed by atoms with Crippen molar-refractivity contribution in [1.29, 1.82) is 0 Å². The van der Waals surface area contributed by atoms with Gasteiger partial charge in [-0.1, -0.05) is 23.2 Å². The van der Waals surface area contributed by atoms with Crippen molar-refractivity contribution in [3.8, 4) is 0 Å². The molecule has 0 fully saturated rings. The molecule has 0 heterocycles. The summed E-state index contributed by atoms with van der Waals surface area (Å²) in [5.41, 5.74) is 7.10. The molecule has 2 nitrogen and oxygen atoms in total. The summed E-state index contributed by atoms with van der Waals surface area (Å²) in [5.74, 6) is 1.13. The van der Waals surface area contributed by atoms with Crippen LogP contribution in [0.4, 0.5) is 5.69 Å². The average Bonchev–Trinajstić information content (AvgIpc) is 2.26. The van der Waals surface area contributed by atoms with E-state index in [4.69, 9.17) is 52.1 Å². The van der Waals surface area contributed by atoms with Crippen molar-refractivity contribution in [1.82, 2.24) is 4.90 Å². The van der Waals surface area contributed by atoms with E-state index in [9.17, 15) is 0 Å². The molecular formula is C11H15Cl5N2. The fourth-order valence-electron chi connectivity index (χ4n) is 1.50. The fraction of sp³-hybridized carbons (Fsp3) is 0.455. The molecule has 0 atom stereocenters. The number of anilines is 1. The number of halogens is 5. The van der Waals surface area contributed by atoms with E-state index >= 15 is 0 Å². The highest BCUT2D eigenvalue weighted by atomic mass is 35.5. The van der Waals surface area contributed by atoms with Crippen molar-refractivity contribution in [2.45, 2.75) is 6.54 Å². The van der Waals surface area contributed by atoms with E-state index in [0.717, 1.165) is 18.7 Å². The van der Waals surface area contributed by atoms with Crippen molar-refractivity contribution in [2.24, 2.45) is 0 Å². The molecule has 0 unspecified atom stereocenters. The normalized spacial score (nSPS) is 10.5. The lowest BCUT2D eigenvalue weighted by Gasteiger charge is -2.20. The fourth-order valence-corrected chi connectivity index (χ4v) is 2.51. The van der Waals surface area contributed by atoms with Gasteiger partial charge in [0, 0.05) is 31.4 Å². The Hall–Kier alpha value is 0.430. The summed E-state index contributed by atoms with van der Waals surface area (Å²) < 4.78 is 0. The maximum Gasteiger partial charge on any atom is 0.0693 e. The quantitative estimate of drug-likeness (QED) is 0.612. The van der Waals surface area contributed by atoms with Crippen LogP contribution in [-0.2, 0) is 6.54 Å². The molecule has 18 heavy (non-hydrogen) atoms. The molecule has 104 valence electrons. The highest BCUT2D eigenvalue weighted by Crippen LogP contribution is 2.29. The third-order valence-corrected chi connectivity index (χ3v) is 3.31. The zero-order valence-corrected chi connectivity index (χ0v) is 13.5. The highest BCUT2D eigenvalue weighted by molar-refractivity contribution is 6.38. The van der Waals surface area contributed by atoms with E-state index in [0.29, 0.717) is 34.0 Å². The SMILES string of the molecule is Cl.Nc1c(Cl)cc(CN(CCCl)CCCl)cc1Cl. The van der Waals surface area contributed by atoms with Crippen LogP contribution in [0.15, 0.2) is 12.1 Å². The summed E-state index contributed by atoms with van der Waals surface area (Å²) in [6.45, 7) is 2.25. The van der Waals surface area contributed by atoms with Gasteiger partial charge in [-0.2, -0.15) is 0 Å². The first kappa shape index (κ1) is 18.4. The smallest absolute Gasteiger partial charge is 0.0693 e. The van der Waals surface area contributed by atoms with Gasteiger partial charge in [0.2, 0.25) is 0 Å². The third-order valence-electron chi connectivity index (χ3n) is 2.35. The maximum atomic E-state index is 5.98. The molecule has 0 aliphatic carbocycles. The van der Waals surface area contributed by atoms with Gasteiger partial charge in [-0.25, -0.2) is 0 Å². The minimum Gasteiger partial charge on any atom is -0.396 e. The predicted molar refractivity (Wildman–Crippen MR) is 84.8 cm³/mol. The van der Waals surface area contributed by atoms with Crippen molar-refractivity contribution >= 4 is 64.5 Å². The second-order valence-electron chi connectivity index (χ2n) is 3.63. The zero-order valence-electron chi connectivity index (χ0n) is 9.63. The minimum atomic E-state index is 0. The van der Waals surface area contributed by atoms with Crippen LogP contribution in [0.5, 0.6) is 0 Å². The second kappa shape index (κ2) is 9.35. The van der Waals surface area contributed by atoms with Crippen LogP contribution in [0, 0.1) is 0 Å². The Morgan fingerprint density at radius 3 is 1.83 bits per heavy atom. The summed E-state index contributed by atoms with van der Waals surface area (Å²) in [4.78, 5) is 2.14. The molecule has 1 rings (SSSR count). The van der Waals surface area contributed by atoms with E-state index < -0.39 is 0 Å². The molecule has 0 radical (unpaired) electrons. The summed E-state index contributed by atoms with van der Waals surface area (Å²) in [5, 5.41) is 0.952. The van der Waals surface area contributed by atoms with Crippen LogP contribution in [0.1, 0.15) is 5.56 Å². The van der Waals surface area contributed by atoms with E-state index in [2.05, 4.69) is 4.90 Å². The zero-order chi connectivity index (χ0) is 12.8. The van der Waals surface area contributed by atoms with Crippen LogP contribution in [-0.4, -0.2) is 29.7 Å². The van der Waals surface area contributed by atoms with Crippen molar-refractivity contribution in [3.05, 3.63) is 27.7 Å². The van der Waals surface area contributed by atoms with E-state index in [1.807, 2.05) is 12.1 Å². The Morgan fingerprint density at radius 1 is 1.00 bits per heavy atom. The molecule has 7 heteroatoms. The Bertz CT molecular complexity index is 343. The molecule has 0 aromatic heterocycles. The van der Waals surface area contributed by atoms with Crippen molar-refractivity contribution in [3.63, 3.8) is 0 Å². The first-order chi connectivity index (χ1) is 8.08. The topological polar surface area (TPSA) is 29.3 Å². The lowest BCUT2D eigenvalue weighted by Crippen LogP contribution is -2.27. The van der Waals surface area contributed by atoms with Gasteiger partial charge in [0.25, 0.3) is 0 Å².